The second-order valence-corrected chi connectivity index (χ2v) is 7.09. The van der Waals surface area contributed by atoms with Crippen LogP contribution >= 0.6 is 0 Å². The number of hydrogen-bond donors (Lipinski definition) is 4. The molecule has 0 unspecified atom stereocenters. The second kappa shape index (κ2) is 8.54. The third-order valence-electron chi connectivity index (χ3n) is 4.80. The lowest BCUT2D eigenvalue weighted by atomic mass is 10.0. The Morgan fingerprint density at radius 2 is 1.84 bits per heavy atom. The van der Waals surface area contributed by atoms with Crippen LogP contribution in [0, 0.1) is 0 Å². The number of aromatic amines is 1. The van der Waals surface area contributed by atoms with Gasteiger partial charge in [-0.15, -0.1) is 0 Å². The molecule has 4 rings (SSSR count). The molecule has 0 aliphatic heterocycles. The van der Waals surface area contributed by atoms with Gasteiger partial charge in [-0.1, -0.05) is 42.5 Å². The summed E-state index contributed by atoms with van der Waals surface area (Å²) in [5, 5.41) is 3.60. The van der Waals surface area contributed by atoms with Crippen LogP contribution in [0.3, 0.4) is 0 Å². The van der Waals surface area contributed by atoms with E-state index in [1.54, 1.807) is 30.5 Å². The van der Waals surface area contributed by atoms with Crippen molar-refractivity contribution >= 4 is 46.0 Å². The highest BCUT2D eigenvalue weighted by Gasteiger charge is 2.12. The number of primary amides is 1. The molecule has 0 saturated carbocycles. The van der Waals surface area contributed by atoms with Gasteiger partial charge in [0.15, 0.2) is 0 Å². The number of benzene rings is 2. The van der Waals surface area contributed by atoms with E-state index in [9.17, 15) is 9.59 Å². The molecule has 2 aromatic heterocycles. The van der Waals surface area contributed by atoms with Crippen LogP contribution in [0.2, 0.25) is 0 Å². The Morgan fingerprint density at radius 1 is 1.03 bits per heavy atom. The lowest BCUT2D eigenvalue weighted by molar-refractivity contribution is -0.115. The average molecular weight is 411 g/mol. The minimum Gasteiger partial charge on any atom is -0.399 e. The number of rotatable bonds is 6. The molecule has 2 aromatic carbocycles. The quantitative estimate of drug-likeness (QED) is 0.287. The molecule has 2 heterocycles. The zero-order chi connectivity index (χ0) is 21.8. The Balaban J connectivity index is 1.56. The van der Waals surface area contributed by atoms with E-state index in [1.165, 1.54) is 0 Å². The van der Waals surface area contributed by atoms with E-state index in [2.05, 4.69) is 15.3 Å². The Bertz CT molecular complexity index is 1290. The molecule has 4 aromatic rings. The van der Waals surface area contributed by atoms with Gasteiger partial charge >= 0.3 is 0 Å². The van der Waals surface area contributed by atoms with E-state index in [1.807, 2.05) is 48.5 Å². The van der Waals surface area contributed by atoms with Crippen molar-refractivity contribution in [1.29, 1.82) is 0 Å². The van der Waals surface area contributed by atoms with Gasteiger partial charge in [0.25, 0.3) is 0 Å². The minimum atomic E-state index is -0.515. The van der Waals surface area contributed by atoms with Crippen LogP contribution in [0.25, 0.3) is 22.7 Å². The van der Waals surface area contributed by atoms with Gasteiger partial charge in [-0.25, -0.2) is 4.98 Å². The zero-order valence-electron chi connectivity index (χ0n) is 16.6. The molecule has 154 valence electrons. The summed E-state index contributed by atoms with van der Waals surface area (Å²) in [4.78, 5) is 31.9. The van der Waals surface area contributed by atoms with Crippen molar-refractivity contribution in [1.82, 2.24) is 9.97 Å². The minimum absolute atomic E-state index is 0.191. The topological polar surface area (TPSA) is 127 Å². The molecule has 7 nitrogen and oxygen atoms in total. The number of anilines is 2. The number of aromatic nitrogens is 2. The van der Waals surface area contributed by atoms with Gasteiger partial charge < -0.3 is 21.8 Å². The van der Waals surface area contributed by atoms with Crippen molar-refractivity contribution in [2.75, 3.05) is 11.1 Å². The van der Waals surface area contributed by atoms with Crippen LogP contribution in [0.5, 0.6) is 0 Å². The normalized spacial score (nSPS) is 11.4. The molecular formula is C24H21N5O2. The fraction of sp³-hybridized carbons (Fsp3) is 0.0417. The molecule has 7 heteroatoms. The first kappa shape index (κ1) is 19.9. The van der Waals surface area contributed by atoms with Crippen molar-refractivity contribution in [3.05, 3.63) is 89.6 Å². The number of carbonyl (C=O) groups excluding carboxylic acids is 2. The van der Waals surface area contributed by atoms with Gasteiger partial charge in [0.05, 0.1) is 6.42 Å². The highest BCUT2D eigenvalue weighted by molar-refractivity contribution is 6.24. The number of nitrogens with one attached hydrogen (secondary N) is 2. The van der Waals surface area contributed by atoms with Crippen LogP contribution in [0.15, 0.2) is 72.9 Å². The molecule has 0 saturated heterocycles. The maximum Gasteiger partial charge on any atom is 0.249 e. The van der Waals surface area contributed by atoms with Gasteiger partial charge in [-0.05, 0) is 41.5 Å². The van der Waals surface area contributed by atoms with Crippen molar-refractivity contribution in [3.8, 4) is 0 Å². The summed E-state index contributed by atoms with van der Waals surface area (Å²) in [7, 11) is 0. The monoisotopic (exact) mass is 411 g/mol. The van der Waals surface area contributed by atoms with Crippen LogP contribution < -0.4 is 16.8 Å². The first-order valence-corrected chi connectivity index (χ1v) is 9.69. The van der Waals surface area contributed by atoms with Gasteiger partial charge in [0, 0.05) is 28.4 Å². The van der Waals surface area contributed by atoms with Crippen molar-refractivity contribution in [3.63, 3.8) is 0 Å². The lowest BCUT2D eigenvalue weighted by Crippen LogP contribution is -2.15. The Kier molecular flexibility index (Phi) is 5.49. The molecule has 0 bridgehead atoms. The van der Waals surface area contributed by atoms with Crippen LogP contribution in [-0.4, -0.2) is 21.8 Å². The number of nitrogen functional groups attached to an aromatic ring is 1. The highest BCUT2D eigenvalue weighted by atomic mass is 16.2. The third kappa shape index (κ3) is 4.62. The van der Waals surface area contributed by atoms with Crippen LogP contribution in [0.4, 0.5) is 11.5 Å². The van der Waals surface area contributed by atoms with Gasteiger partial charge in [-0.3, -0.25) is 9.59 Å². The summed E-state index contributed by atoms with van der Waals surface area (Å²) in [6.07, 6.45) is 3.68. The maximum atomic E-state index is 12.3. The Labute approximate surface area is 178 Å². The summed E-state index contributed by atoms with van der Waals surface area (Å²) >= 11 is 0. The van der Waals surface area contributed by atoms with E-state index in [4.69, 9.17) is 11.5 Å². The SMILES string of the molecule is NC(=O)C(=Cc1c[nH]c2nc(NC(=O)Cc3cccc(N)c3)ccc12)c1ccccc1. The largest absolute Gasteiger partial charge is 0.399 e. The maximum absolute atomic E-state index is 12.3. The van der Waals surface area contributed by atoms with Gasteiger partial charge in [0.1, 0.15) is 11.5 Å². The van der Waals surface area contributed by atoms with E-state index < -0.39 is 5.91 Å². The highest BCUT2D eigenvalue weighted by Crippen LogP contribution is 2.24. The average Bonchev–Trinajstić information content (AvgIpc) is 3.14. The molecule has 0 atom stereocenters. The van der Waals surface area contributed by atoms with Gasteiger partial charge in [0.2, 0.25) is 11.8 Å². The summed E-state index contributed by atoms with van der Waals surface area (Å²) in [5.74, 6) is -0.278. The van der Waals surface area contributed by atoms with Crippen molar-refractivity contribution in [2.24, 2.45) is 5.73 Å². The number of hydrogen-bond acceptors (Lipinski definition) is 4. The fourth-order valence-electron chi connectivity index (χ4n) is 3.36. The lowest BCUT2D eigenvalue weighted by Gasteiger charge is -2.06. The Hall–Kier alpha value is -4.39. The molecular weight excluding hydrogens is 390 g/mol. The van der Waals surface area contributed by atoms with Crippen molar-refractivity contribution in [2.45, 2.75) is 6.42 Å². The third-order valence-corrected chi connectivity index (χ3v) is 4.80. The molecule has 0 radical (unpaired) electrons. The van der Waals surface area contributed by atoms with E-state index in [0.717, 1.165) is 22.1 Å². The fourth-order valence-corrected chi connectivity index (χ4v) is 3.36. The first-order chi connectivity index (χ1) is 15.0. The number of H-pyrrole nitrogens is 1. The second-order valence-electron chi connectivity index (χ2n) is 7.09. The Morgan fingerprint density at radius 3 is 2.58 bits per heavy atom. The van der Waals surface area contributed by atoms with Crippen LogP contribution in [0.1, 0.15) is 16.7 Å². The molecule has 0 aliphatic carbocycles. The van der Waals surface area contributed by atoms with E-state index in [-0.39, 0.29) is 12.3 Å². The predicted octanol–water partition coefficient (Wildman–Crippen LogP) is 3.35. The number of nitrogens with zero attached hydrogens (tertiary/aromatic N) is 1. The van der Waals surface area contributed by atoms with Crippen LogP contribution in [-0.2, 0) is 16.0 Å². The predicted molar refractivity (Wildman–Crippen MR) is 123 cm³/mol. The van der Waals surface area contributed by atoms with Gasteiger partial charge in [-0.2, -0.15) is 0 Å². The molecule has 31 heavy (non-hydrogen) atoms. The first-order valence-electron chi connectivity index (χ1n) is 9.69. The van der Waals surface area contributed by atoms with E-state index >= 15 is 0 Å². The molecule has 0 fully saturated rings. The summed E-state index contributed by atoms with van der Waals surface area (Å²) < 4.78 is 0. The molecule has 0 aliphatic rings. The number of nitrogens with two attached hydrogens (primary N) is 2. The zero-order valence-corrected chi connectivity index (χ0v) is 16.6. The molecule has 6 N–H and O–H groups in total. The van der Waals surface area contributed by atoms with Crippen molar-refractivity contribution < 1.29 is 9.59 Å². The smallest absolute Gasteiger partial charge is 0.249 e. The summed E-state index contributed by atoms with van der Waals surface area (Å²) in [6.45, 7) is 0. The molecule has 0 spiro atoms. The summed E-state index contributed by atoms with van der Waals surface area (Å²) in [5.41, 5.74) is 15.3. The number of amides is 2. The standard InChI is InChI=1S/C24H21N5O2/c25-18-8-4-5-15(11-18)12-22(30)28-21-10-9-19-17(14-27-24(19)29-21)13-20(23(26)31)16-6-2-1-3-7-16/h1-11,13-14H,12,25H2,(H2,26,31)(H2,27,28,29,30). The number of carbonyl (C=O) groups is 2. The summed E-state index contributed by atoms with van der Waals surface area (Å²) in [6, 6.07) is 20.0. The number of fused-ring (bicyclic) bond motifs is 1. The number of pyridine rings is 1. The molecule has 2 amide bonds. The van der Waals surface area contributed by atoms with E-state index in [0.29, 0.717) is 22.7 Å².